The lowest BCUT2D eigenvalue weighted by molar-refractivity contribution is 0.0558. The second-order valence-electron chi connectivity index (χ2n) is 2.53. The van der Waals surface area contributed by atoms with Crippen molar-refractivity contribution in [1.29, 1.82) is 5.26 Å². The molecule has 0 spiro atoms. The Morgan fingerprint density at radius 2 is 2.31 bits per heavy atom. The molecule has 0 atom stereocenters. The van der Waals surface area contributed by atoms with Crippen molar-refractivity contribution >= 4 is 6.02 Å². The van der Waals surface area contributed by atoms with Gasteiger partial charge < -0.3 is 14.4 Å². The largest absolute Gasteiger partial charge is 0.465 e. The first-order chi connectivity index (χ1) is 6.38. The molecule has 0 aliphatic carbocycles. The lowest BCUT2D eigenvalue weighted by atomic mass is 10.4. The average molecular weight is 183 g/mol. The maximum absolute atomic E-state index is 8.42. The van der Waals surface area contributed by atoms with E-state index in [1.165, 1.54) is 0 Å². The molecule has 1 aliphatic rings. The van der Waals surface area contributed by atoms with Crippen molar-refractivity contribution in [1.82, 2.24) is 4.90 Å². The zero-order chi connectivity index (χ0) is 9.52. The first-order valence-corrected chi connectivity index (χ1v) is 4.30. The van der Waals surface area contributed by atoms with Crippen molar-refractivity contribution in [3.05, 3.63) is 0 Å². The number of aliphatic imine (C=N–C) groups is 1. The molecule has 0 aromatic carbocycles. The minimum absolute atomic E-state index is 0.410. The van der Waals surface area contributed by atoms with Crippen LogP contribution in [0.5, 0.6) is 0 Å². The number of nitrogens with zero attached hydrogens (tertiary/aromatic N) is 3. The molecule has 0 saturated carbocycles. The molecular weight excluding hydrogens is 170 g/mol. The number of nitriles is 1. The molecule has 1 aliphatic heterocycles. The Morgan fingerprint density at radius 1 is 1.62 bits per heavy atom. The molecule has 0 radical (unpaired) electrons. The van der Waals surface area contributed by atoms with Gasteiger partial charge >= 0.3 is 6.02 Å². The molecule has 0 unspecified atom stereocenters. The summed E-state index contributed by atoms with van der Waals surface area (Å²) < 4.78 is 10.4. The second-order valence-corrected chi connectivity index (χ2v) is 2.53. The fourth-order valence-electron chi connectivity index (χ4n) is 1.12. The van der Waals surface area contributed by atoms with Crippen LogP contribution in [0.15, 0.2) is 4.99 Å². The van der Waals surface area contributed by atoms with E-state index >= 15 is 0 Å². The smallest absolute Gasteiger partial charge is 0.302 e. The van der Waals surface area contributed by atoms with Gasteiger partial charge in [-0.15, -0.1) is 4.99 Å². The van der Waals surface area contributed by atoms with Crippen molar-refractivity contribution in [2.45, 2.75) is 6.92 Å². The summed E-state index contributed by atoms with van der Waals surface area (Å²) in [6, 6.07) is 0.410. The van der Waals surface area contributed by atoms with Crippen molar-refractivity contribution in [3.8, 4) is 6.19 Å². The zero-order valence-corrected chi connectivity index (χ0v) is 7.69. The summed E-state index contributed by atoms with van der Waals surface area (Å²) in [6.45, 7) is 5.20. The third-order valence-electron chi connectivity index (χ3n) is 1.70. The van der Waals surface area contributed by atoms with Crippen molar-refractivity contribution in [2.75, 3.05) is 32.9 Å². The van der Waals surface area contributed by atoms with Gasteiger partial charge in [0.15, 0.2) is 0 Å². The summed E-state index contributed by atoms with van der Waals surface area (Å²) in [6.07, 6.45) is 1.73. The highest BCUT2D eigenvalue weighted by molar-refractivity contribution is 5.74. The van der Waals surface area contributed by atoms with E-state index in [0.717, 1.165) is 13.1 Å². The number of ether oxygens (including phenoxy) is 2. The number of morpholine rings is 1. The SMILES string of the molecule is CCOC(=NC#N)N1CCOCC1. The van der Waals surface area contributed by atoms with Crippen LogP contribution >= 0.6 is 0 Å². The van der Waals surface area contributed by atoms with Crippen LogP contribution in [-0.2, 0) is 9.47 Å². The van der Waals surface area contributed by atoms with Gasteiger partial charge in [-0.25, -0.2) is 0 Å². The standard InChI is InChI=1S/C8H13N3O2/c1-2-13-8(10-7-9)11-3-5-12-6-4-11/h2-6H2,1H3. The monoisotopic (exact) mass is 183 g/mol. The fourth-order valence-corrected chi connectivity index (χ4v) is 1.12. The van der Waals surface area contributed by atoms with E-state index in [1.54, 1.807) is 6.19 Å². The maximum Gasteiger partial charge on any atom is 0.302 e. The summed E-state index contributed by atoms with van der Waals surface area (Å²) in [7, 11) is 0. The summed E-state index contributed by atoms with van der Waals surface area (Å²) in [5.74, 6) is 0. The summed E-state index contributed by atoms with van der Waals surface area (Å²) in [5, 5.41) is 8.42. The molecule has 0 bridgehead atoms. The summed E-state index contributed by atoms with van der Waals surface area (Å²) >= 11 is 0. The lowest BCUT2D eigenvalue weighted by Crippen LogP contribution is -2.41. The number of rotatable bonds is 1. The van der Waals surface area contributed by atoms with Crippen LogP contribution in [0, 0.1) is 11.5 Å². The molecule has 0 aromatic heterocycles. The quantitative estimate of drug-likeness (QED) is 0.331. The molecule has 0 aromatic rings. The van der Waals surface area contributed by atoms with E-state index in [2.05, 4.69) is 4.99 Å². The van der Waals surface area contributed by atoms with Crippen molar-refractivity contribution in [2.24, 2.45) is 4.99 Å². The molecule has 13 heavy (non-hydrogen) atoms. The highest BCUT2D eigenvalue weighted by Gasteiger charge is 2.15. The van der Waals surface area contributed by atoms with Crippen LogP contribution < -0.4 is 0 Å². The molecule has 5 heteroatoms. The first-order valence-electron chi connectivity index (χ1n) is 4.30. The fraction of sp³-hybridized carbons (Fsp3) is 0.750. The number of amidine groups is 1. The predicted molar refractivity (Wildman–Crippen MR) is 47.1 cm³/mol. The van der Waals surface area contributed by atoms with Crippen LogP contribution in [0.4, 0.5) is 0 Å². The van der Waals surface area contributed by atoms with Crippen LogP contribution in [0.2, 0.25) is 0 Å². The Morgan fingerprint density at radius 3 is 2.85 bits per heavy atom. The average Bonchev–Trinajstić information content (AvgIpc) is 2.19. The molecule has 5 nitrogen and oxygen atoms in total. The van der Waals surface area contributed by atoms with Gasteiger partial charge in [-0.05, 0) is 6.92 Å². The van der Waals surface area contributed by atoms with E-state index in [4.69, 9.17) is 14.7 Å². The highest BCUT2D eigenvalue weighted by atomic mass is 16.5. The van der Waals surface area contributed by atoms with Gasteiger partial charge in [0.2, 0.25) is 6.19 Å². The Kier molecular flexibility index (Phi) is 4.06. The van der Waals surface area contributed by atoms with Gasteiger partial charge in [0.05, 0.1) is 19.8 Å². The molecule has 72 valence electrons. The molecule has 0 N–H and O–H groups in total. The predicted octanol–water partition coefficient (Wildman–Crippen LogP) is 0.192. The van der Waals surface area contributed by atoms with Gasteiger partial charge in [-0.2, -0.15) is 5.26 Å². The molecule has 1 fully saturated rings. The van der Waals surface area contributed by atoms with Gasteiger partial charge in [0.1, 0.15) is 0 Å². The Balaban J connectivity index is 2.53. The van der Waals surface area contributed by atoms with E-state index in [1.807, 2.05) is 11.8 Å². The van der Waals surface area contributed by atoms with E-state index in [9.17, 15) is 0 Å². The van der Waals surface area contributed by atoms with Gasteiger partial charge in [0.25, 0.3) is 0 Å². The van der Waals surface area contributed by atoms with Crippen LogP contribution in [0.25, 0.3) is 0 Å². The van der Waals surface area contributed by atoms with E-state index in [0.29, 0.717) is 25.8 Å². The third-order valence-corrected chi connectivity index (χ3v) is 1.70. The van der Waals surface area contributed by atoms with Crippen molar-refractivity contribution < 1.29 is 9.47 Å². The second kappa shape index (κ2) is 5.38. The first kappa shape index (κ1) is 9.81. The summed E-state index contributed by atoms with van der Waals surface area (Å²) in [4.78, 5) is 5.52. The zero-order valence-electron chi connectivity index (χ0n) is 7.69. The third kappa shape index (κ3) is 2.92. The number of hydrogen-bond acceptors (Lipinski definition) is 4. The Labute approximate surface area is 77.6 Å². The van der Waals surface area contributed by atoms with Crippen LogP contribution in [0.1, 0.15) is 6.92 Å². The summed E-state index contributed by atoms with van der Waals surface area (Å²) in [5.41, 5.74) is 0. The minimum atomic E-state index is 0.410. The molecule has 1 rings (SSSR count). The topological polar surface area (TPSA) is 57.8 Å². The molecule has 1 heterocycles. The van der Waals surface area contributed by atoms with Crippen LogP contribution in [-0.4, -0.2) is 43.8 Å². The Hall–Kier alpha value is -1.28. The van der Waals surface area contributed by atoms with Crippen LogP contribution in [0.3, 0.4) is 0 Å². The maximum atomic E-state index is 8.42. The normalized spacial score (nSPS) is 18.2. The van der Waals surface area contributed by atoms with Gasteiger partial charge in [-0.3, -0.25) is 0 Å². The van der Waals surface area contributed by atoms with Gasteiger partial charge in [0, 0.05) is 13.1 Å². The van der Waals surface area contributed by atoms with E-state index in [-0.39, 0.29) is 0 Å². The highest BCUT2D eigenvalue weighted by Crippen LogP contribution is 2.00. The molecule has 0 amide bonds. The molecule has 1 saturated heterocycles. The van der Waals surface area contributed by atoms with Crippen molar-refractivity contribution in [3.63, 3.8) is 0 Å². The van der Waals surface area contributed by atoms with Gasteiger partial charge in [-0.1, -0.05) is 0 Å². The van der Waals surface area contributed by atoms with E-state index < -0.39 is 0 Å². The number of hydrogen-bond donors (Lipinski definition) is 0. The lowest BCUT2D eigenvalue weighted by Gasteiger charge is -2.27. The minimum Gasteiger partial charge on any atom is -0.465 e. The molecular formula is C8H13N3O2. The Bertz CT molecular complexity index is 216.